The zero-order valence-corrected chi connectivity index (χ0v) is 19.9. The Morgan fingerprint density at radius 1 is 1.06 bits per heavy atom. The fraction of sp³-hybridized carbons (Fsp3) is 0.560. The quantitative estimate of drug-likeness (QED) is 0.545. The number of thioether (sulfide) groups is 1. The van der Waals surface area contributed by atoms with Gasteiger partial charge in [0.25, 0.3) is 5.91 Å². The number of carbonyl (C=O) groups excluding carboxylic acids is 3. The Labute approximate surface area is 198 Å². The van der Waals surface area contributed by atoms with Gasteiger partial charge in [-0.25, -0.2) is 4.79 Å². The van der Waals surface area contributed by atoms with Crippen molar-refractivity contribution in [3.05, 3.63) is 35.6 Å². The fourth-order valence-electron chi connectivity index (χ4n) is 4.66. The number of furan rings is 1. The molecule has 1 aromatic heterocycles. The lowest BCUT2D eigenvalue weighted by Gasteiger charge is -2.30. The molecule has 1 saturated heterocycles. The third-order valence-corrected chi connectivity index (χ3v) is 8.01. The van der Waals surface area contributed by atoms with Crippen LogP contribution in [-0.4, -0.2) is 54.8 Å². The Kier molecular flexibility index (Phi) is 7.96. The zero-order valence-electron chi connectivity index (χ0n) is 19.0. The van der Waals surface area contributed by atoms with E-state index >= 15 is 0 Å². The number of amides is 1. The third-order valence-electron chi connectivity index (χ3n) is 6.61. The summed E-state index contributed by atoms with van der Waals surface area (Å²) in [6.07, 6.45) is 7.35. The summed E-state index contributed by atoms with van der Waals surface area (Å²) in [5, 5.41) is 1.52. The van der Waals surface area contributed by atoms with Gasteiger partial charge in [0.1, 0.15) is 5.58 Å². The number of methoxy groups -OCH3 is 1. The van der Waals surface area contributed by atoms with Gasteiger partial charge < -0.3 is 18.8 Å². The molecular weight excluding hydrogens is 442 g/mol. The Bertz CT molecular complexity index is 988. The SMILES string of the molecule is COC(=O)C1CCN(C(=O)COC(=O)c2oc3ccccc3c2CSC2CCCCC2)CC1. The highest BCUT2D eigenvalue weighted by molar-refractivity contribution is 7.99. The van der Waals surface area contributed by atoms with E-state index in [4.69, 9.17) is 13.9 Å². The van der Waals surface area contributed by atoms with E-state index in [0.29, 0.717) is 42.5 Å². The number of esters is 2. The average molecular weight is 474 g/mol. The van der Waals surface area contributed by atoms with Gasteiger partial charge >= 0.3 is 11.9 Å². The molecule has 0 unspecified atom stereocenters. The van der Waals surface area contributed by atoms with Crippen LogP contribution in [0.25, 0.3) is 11.0 Å². The number of benzene rings is 1. The summed E-state index contributed by atoms with van der Waals surface area (Å²) in [4.78, 5) is 38.8. The molecule has 2 aliphatic rings. The molecule has 1 aromatic carbocycles. The number of hydrogen-bond donors (Lipinski definition) is 0. The lowest BCUT2D eigenvalue weighted by molar-refractivity contribution is -0.149. The minimum atomic E-state index is -0.608. The van der Waals surface area contributed by atoms with Gasteiger partial charge in [-0.3, -0.25) is 9.59 Å². The van der Waals surface area contributed by atoms with Crippen molar-refractivity contribution in [3.63, 3.8) is 0 Å². The van der Waals surface area contributed by atoms with E-state index in [9.17, 15) is 14.4 Å². The molecule has 0 radical (unpaired) electrons. The Balaban J connectivity index is 1.37. The molecule has 33 heavy (non-hydrogen) atoms. The maximum Gasteiger partial charge on any atom is 0.375 e. The van der Waals surface area contributed by atoms with E-state index in [-0.39, 0.29) is 30.2 Å². The standard InChI is InChI=1S/C25H31NO6S/c1-30-24(28)17-11-13-26(14-12-17)22(27)15-31-25(29)23-20(16-33-18-7-3-2-4-8-18)19-9-5-6-10-21(19)32-23/h5-6,9-10,17-18H,2-4,7-8,11-16H2,1H3. The molecule has 1 saturated carbocycles. The summed E-state index contributed by atoms with van der Waals surface area (Å²) >= 11 is 1.87. The lowest BCUT2D eigenvalue weighted by atomic mass is 9.97. The van der Waals surface area contributed by atoms with Gasteiger partial charge in [0.15, 0.2) is 6.61 Å². The predicted molar refractivity (Wildman–Crippen MR) is 126 cm³/mol. The molecule has 2 aromatic rings. The molecule has 2 fully saturated rings. The Hall–Kier alpha value is -2.48. The molecular formula is C25H31NO6S. The van der Waals surface area contributed by atoms with E-state index in [0.717, 1.165) is 10.9 Å². The van der Waals surface area contributed by atoms with Gasteiger partial charge in [0, 0.05) is 35.0 Å². The van der Waals surface area contributed by atoms with Crippen LogP contribution >= 0.6 is 11.8 Å². The number of nitrogens with zero attached hydrogens (tertiary/aromatic N) is 1. The highest BCUT2D eigenvalue weighted by Gasteiger charge is 2.29. The van der Waals surface area contributed by atoms with Crippen molar-refractivity contribution in [3.8, 4) is 0 Å². The maximum atomic E-state index is 12.9. The van der Waals surface area contributed by atoms with Crippen LogP contribution in [0.5, 0.6) is 0 Å². The first-order valence-electron chi connectivity index (χ1n) is 11.7. The summed E-state index contributed by atoms with van der Waals surface area (Å²) < 4.78 is 16.0. The van der Waals surface area contributed by atoms with Crippen LogP contribution in [0.3, 0.4) is 0 Å². The summed E-state index contributed by atoms with van der Waals surface area (Å²) in [6.45, 7) is 0.558. The van der Waals surface area contributed by atoms with Crippen molar-refractivity contribution >= 4 is 40.6 Å². The van der Waals surface area contributed by atoms with E-state index in [1.54, 1.807) is 4.90 Å². The molecule has 0 spiro atoms. The minimum Gasteiger partial charge on any atom is -0.469 e. The summed E-state index contributed by atoms with van der Waals surface area (Å²) in [6, 6.07) is 7.62. The van der Waals surface area contributed by atoms with Crippen LogP contribution in [-0.2, 0) is 24.8 Å². The number of piperidine rings is 1. The van der Waals surface area contributed by atoms with Gasteiger partial charge in [0.05, 0.1) is 13.0 Å². The maximum absolute atomic E-state index is 12.9. The van der Waals surface area contributed by atoms with Crippen LogP contribution in [0.15, 0.2) is 28.7 Å². The first-order valence-corrected chi connectivity index (χ1v) is 12.8. The van der Waals surface area contributed by atoms with E-state index in [1.165, 1.54) is 39.2 Å². The second kappa shape index (κ2) is 11.1. The number of fused-ring (bicyclic) bond motifs is 1. The van der Waals surface area contributed by atoms with Crippen LogP contribution < -0.4 is 0 Å². The molecule has 1 aliphatic heterocycles. The highest BCUT2D eigenvalue weighted by Crippen LogP contribution is 2.35. The topological polar surface area (TPSA) is 86.0 Å². The molecule has 0 N–H and O–H groups in total. The first-order chi connectivity index (χ1) is 16.1. The highest BCUT2D eigenvalue weighted by atomic mass is 32.2. The number of rotatable bonds is 7. The number of hydrogen-bond acceptors (Lipinski definition) is 7. The summed E-state index contributed by atoms with van der Waals surface area (Å²) in [5.41, 5.74) is 1.50. The summed E-state index contributed by atoms with van der Waals surface area (Å²) in [5.74, 6) is -0.416. The van der Waals surface area contributed by atoms with Crippen molar-refractivity contribution in [2.75, 3.05) is 26.8 Å². The van der Waals surface area contributed by atoms with Gasteiger partial charge in [-0.05, 0) is 31.7 Å². The number of carbonyl (C=O) groups is 3. The van der Waals surface area contributed by atoms with Gasteiger partial charge in [0.2, 0.25) is 5.76 Å². The fourth-order valence-corrected chi connectivity index (χ4v) is 6.01. The summed E-state index contributed by atoms with van der Waals surface area (Å²) in [7, 11) is 1.37. The number of ether oxygens (including phenoxy) is 2. The smallest absolute Gasteiger partial charge is 0.375 e. The van der Waals surface area contributed by atoms with Gasteiger partial charge in [-0.1, -0.05) is 37.5 Å². The Morgan fingerprint density at radius 3 is 2.52 bits per heavy atom. The van der Waals surface area contributed by atoms with E-state index in [1.807, 2.05) is 36.0 Å². The Morgan fingerprint density at radius 2 is 1.79 bits per heavy atom. The van der Waals surface area contributed by atoms with E-state index in [2.05, 4.69) is 0 Å². The van der Waals surface area contributed by atoms with Gasteiger partial charge in [-0.15, -0.1) is 0 Å². The predicted octanol–water partition coefficient (Wildman–Crippen LogP) is 4.57. The average Bonchev–Trinajstić information content (AvgIpc) is 3.24. The molecule has 4 rings (SSSR count). The van der Waals surface area contributed by atoms with Crippen molar-refractivity contribution in [1.29, 1.82) is 0 Å². The molecule has 2 heterocycles. The zero-order chi connectivity index (χ0) is 23.2. The third kappa shape index (κ3) is 5.72. The van der Waals surface area contributed by atoms with Gasteiger partial charge in [-0.2, -0.15) is 11.8 Å². The van der Waals surface area contributed by atoms with Crippen LogP contribution in [0.1, 0.15) is 61.1 Å². The largest absolute Gasteiger partial charge is 0.469 e. The molecule has 1 amide bonds. The first kappa shape index (κ1) is 23.7. The molecule has 7 nitrogen and oxygen atoms in total. The van der Waals surface area contributed by atoms with E-state index < -0.39 is 5.97 Å². The van der Waals surface area contributed by atoms with Crippen molar-refractivity contribution in [2.24, 2.45) is 5.92 Å². The monoisotopic (exact) mass is 473 g/mol. The molecule has 0 bridgehead atoms. The molecule has 0 atom stereocenters. The van der Waals surface area contributed by atoms with Crippen LogP contribution in [0, 0.1) is 5.92 Å². The van der Waals surface area contributed by atoms with Crippen LogP contribution in [0.4, 0.5) is 0 Å². The normalized spacial score (nSPS) is 17.8. The molecule has 8 heteroatoms. The second-order valence-electron chi connectivity index (χ2n) is 8.73. The number of para-hydroxylation sites is 1. The number of likely N-dealkylation sites (tertiary alicyclic amines) is 1. The second-order valence-corrected chi connectivity index (χ2v) is 10.0. The van der Waals surface area contributed by atoms with Crippen LogP contribution in [0.2, 0.25) is 0 Å². The van der Waals surface area contributed by atoms with Crippen molar-refractivity contribution < 1.29 is 28.3 Å². The molecule has 178 valence electrons. The van der Waals surface area contributed by atoms with Crippen molar-refractivity contribution in [2.45, 2.75) is 55.9 Å². The lowest BCUT2D eigenvalue weighted by Crippen LogP contribution is -2.42. The van der Waals surface area contributed by atoms with Crippen molar-refractivity contribution in [1.82, 2.24) is 4.90 Å². The molecule has 1 aliphatic carbocycles. The minimum absolute atomic E-state index is 0.179.